The molecule has 2 nitrogen and oxygen atoms in total. The van der Waals surface area contributed by atoms with Crippen molar-refractivity contribution < 1.29 is 9.53 Å². The van der Waals surface area contributed by atoms with Crippen LogP contribution >= 0.6 is 23.4 Å². The molecule has 1 unspecified atom stereocenters. The van der Waals surface area contributed by atoms with E-state index in [0.29, 0.717) is 23.6 Å². The molecule has 1 aliphatic rings. The van der Waals surface area contributed by atoms with E-state index in [0.717, 1.165) is 10.5 Å². The standard InChI is InChI=1S/C13H13ClO2S/c1-8(16-2)5-10-7-12(15)11-6-9(14)3-4-13(11)17-10/h3-4,6,10H,1,5,7H2,2H3. The normalized spacial score (nSPS) is 18.7. The fourth-order valence-electron chi connectivity index (χ4n) is 1.81. The Bertz CT molecular complexity index is 470. The molecule has 0 aromatic heterocycles. The molecule has 1 aromatic carbocycles. The summed E-state index contributed by atoms with van der Waals surface area (Å²) in [6, 6.07) is 5.46. The number of ether oxygens (including phenoxy) is 1. The number of carbonyl (C=O) groups excluding carboxylic acids is 1. The van der Waals surface area contributed by atoms with Gasteiger partial charge in [0.25, 0.3) is 0 Å². The average Bonchev–Trinajstić information content (AvgIpc) is 2.30. The van der Waals surface area contributed by atoms with Crippen molar-refractivity contribution in [3.05, 3.63) is 41.1 Å². The van der Waals surface area contributed by atoms with Gasteiger partial charge in [-0.2, -0.15) is 0 Å². The largest absolute Gasteiger partial charge is 0.502 e. The van der Waals surface area contributed by atoms with E-state index in [4.69, 9.17) is 16.3 Å². The van der Waals surface area contributed by atoms with Crippen LogP contribution in [0.5, 0.6) is 0 Å². The lowest BCUT2D eigenvalue weighted by molar-refractivity contribution is 0.0975. The van der Waals surface area contributed by atoms with E-state index in [9.17, 15) is 4.79 Å². The van der Waals surface area contributed by atoms with Gasteiger partial charge < -0.3 is 4.74 Å². The Kier molecular flexibility index (Phi) is 3.79. The molecule has 17 heavy (non-hydrogen) atoms. The molecular formula is C13H13ClO2S. The number of fused-ring (bicyclic) bond motifs is 1. The first-order chi connectivity index (χ1) is 8.10. The Morgan fingerprint density at radius 3 is 3.12 bits per heavy atom. The van der Waals surface area contributed by atoms with Crippen molar-refractivity contribution in [2.75, 3.05) is 7.11 Å². The third-order valence-corrected chi connectivity index (χ3v) is 4.20. The fraction of sp³-hybridized carbons (Fsp3) is 0.308. The number of hydrogen-bond donors (Lipinski definition) is 0. The first-order valence-electron chi connectivity index (χ1n) is 5.31. The summed E-state index contributed by atoms with van der Waals surface area (Å²) < 4.78 is 5.06. The molecule has 0 N–H and O–H groups in total. The van der Waals surface area contributed by atoms with Gasteiger partial charge in [0.15, 0.2) is 5.78 Å². The van der Waals surface area contributed by atoms with Crippen molar-refractivity contribution in [3.8, 4) is 0 Å². The molecule has 90 valence electrons. The maximum atomic E-state index is 12.0. The number of hydrogen-bond acceptors (Lipinski definition) is 3. The lowest BCUT2D eigenvalue weighted by Crippen LogP contribution is -2.18. The number of carbonyl (C=O) groups is 1. The maximum absolute atomic E-state index is 12.0. The second-order valence-corrected chi connectivity index (χ2v) is 5.73. The highest BCUT2D eigenvalue weighted by atomic mass is 35.5. The van der Waals surface area contributed by atoms with Crippen LogP contribution in [0.25, 0.3) is 0 Å². The Morgan fingerprint density at radius 2 is 2.41 bits per heavy atom. The van der Waals surface area contributed by atoms with Crippen LogP contribution in [0.1, 0.15) is 23.2 Å². The van der Waals surface area contributed by atoms with Crippen molar-refractivity contribution in [1.82, 2.24) is 0 Å². The van der Waals surface area contributed by atoms with Crippen molar-refractivity contribution in [2.24, 2.45) is 0 Å². The van der Waals surface area contributed by atoms with Crippen LogP contribution < -0.4 is 0 Å². The summed E-state index contributed by atoms with van der Waals surface area (Å²) in [6.45, 7) is 3.79. The molecule has 1 heterocycles. The van der Waals surface area contributed by atoms with E-state index in [-0.39, 0.29) is 11.0 Å². The third kappa shape index (κ3) is 2.85. The first-order valence-corrected chi connectivity index (χ1v) is 6.57. The maximum Gasteiger partial charge on any atom is 0.165 e. The lowest BCUT2D eigenvalue weighted by Gasteiger charge is -2.23. The highest BCUT2D eigenvalue weighted by molar-refractivity contribution is 8.00. The SMILES string of the molecule is C=C(CC1CC(=O)c2cc(Cl)ccc2S1)OC. The van der Waals surface area contributed by atoms with Gasteiger partial charge >= 0.3 is 0 Å². The molecule has 0 fully saturated rings. The van der Waals surface area contributed by atoms with E-state index in [1.54, 1.807) is 24.9 Å². The number of benzene rings is 1. The summed E-state index contributed by atoms with van der Waals surface area (Å²) >= 11 is 7.58. The van der Waals surface area contributed by atoms with Crippen LogP contribution in [0, 0.1) is 0 Å². The molecule has 0 saturated carbocycles. The monoisotopic (exact) mass is 268 g/mol. The molecule has 1 aromatic rings. The summed E-state index contributed by atoms with van der Waals surface area (Å²) in [5.41, 5.74) is 0.738. The van der Waals surface area contributed by atoms with E-state index in [1.807, 2.05) is 12.1 Å². The molecule has 0 radical (unpaired) electrons. The Labute approximate surface area is 110 Å². The van der Waals surface area contributed by atoms with Gasteiger partial charge in [0.1, 0.15) is 0 Å². The van der Waals surface area contributed by atoms with Gasteiger partial charge in [-0.05, 0) is 18.2 Å². The summed E-state index contributed by atoms with van der Waals surface area (Å²) in [5.74, 6) is 0.864. The van der Waals surface area contributed by atoms with E-state index in [2.05, 4.69) is 6.58 Å². The first kappa shape index (κ1) is 12.5. The van der Waals surface area contributed by atoms with Gasteiger partial charge in [0, 0.05) is 33.6 Å². The van der Waals surface area contributed by atoms with Crippen LogP contribution in [-0.2, 0) is 4.74 Å². The number of halogens is 1. The Hall–Kier alpha value is -0.930. The number of allylic oxidation sites excluding steroid dienone is 1. The minimum atomic E-state index is 0.148. The van der Waals surface area contributed by atoms with Crippen molar-refractivity contribution in [2.45, 2.75) is 23.0 Å². The minimum absolute atomic E-state index is 0.148. The zero-order valence-electron chi connectivity index (χ0n) is 9.53. The molecule has 0 aliphatic carbocycles. The molecule has 0 saturated heterocycles. The van der Waals surface area contributed by atoms with Crippen LogP contribution in [-0.4, -0.2) is 18.1 Å². The highest BCUT2D eigenvalue weighted by Crippen LogP contribution is 2.38. The van der Waals surface area contributed by atoms with Crippen LogP contribution in [0.15, 0.2) is 35.4 Å². The minimum Gasteiger partial charge on any atom is -0.502 e. The number of rotatable bonds is 3. The highest BCUT2D eigenvalue weighted by Gasteiger charge is 2.26. The second kappa shape index (κ2) is 5.15. The zero-order chi connectivity index (χ0) is 12.4. The van der Waals surface area contributed by atoms with Crippen molar-refractivity contribution in [3.63, 3.8) is 0 Å². The average molecular weight is 269 g/mol. The van der Waals surface area contributed by atoms with Gasteiger partial charge in [-0.1, -0.05) is 18.2 Å². The topological polar surface area (TPSA) is 26.3 Å². The van der Waals surface area contributed by atoms with Crippen LogP contribution in [0.4, 0.5) is 0 Å². The molecule has 1 aliphatic heterocycles. The molecule has 0 amide bonds. The molecule has 4 heteroatoms. The summed E-state index contributed by atoms with van der Waals surface area (Å²) in [7, 11) is 1.60. The van der Waals surface area contributed by atoms with E-state index in [1.165, 1.54) is 0 Å². The fourth-order valence-corrected chi connectivity index (χ4v) is 3.29. The number of thioether (sulfide) groups is 1. The van der Waals surface area contributed by atoms with Gasteiger partial charge in [-0.15, -0.1) is 11.8 Å². The predicted molar refractivity (Wildman–Crippen MR) is 70.8 cm³/mol. The summed E-state index contributed by atoms with van der Waals surface area (Å²) in [6.07, 6.45) is 1.22. The van der Waals surface area contributed by atoms with Gasteiger partial charge in [-0.25, -0.2) is 0 Å². The van der Waals surface area contributed by atoms with Gasteiger partial charge in [-0.3, -0.25) is 4.79 Å². The van der Waals surface area contributed by atoms with Gasteiger partial charge in [0.2, 0.25) is 0 Å². The summed E-state index contributed by atoms with van der Waals surface area (Å²) in [4.78, 5) is 13.0. The van der Waals surface area contributed by atoms with Crippen LogP contribution in [0.2, 0.25) is 5.02 Å². The molecule has 0 bridgehead atoms. The predicted octanol–water partition coefficient (Wildman–Crippen LogP) is 3.94. The Morgan fingerprint density at radius 1 is 1.65 bits per heavy atom. The van der Waals surface area contributed by atoms with E-state index < -0.39 is 0 Å². The zero-order valence-corrected chi connectivity index (χ0v) is 11.1. The number of ketones is 1. The third-order valence-electron chi connectivity index (χ3n) is 2.69. The van der Waals surface area contributed by atoms with Crippen molar-refractivity contribution >= 4 is 29.1 Å². The molecule has 0 spiro atoms. The molecule has 1 atom stereocenters. The van der Waals surface area contributed by atoms with E-state index >= 15 is 0 Å². The lowest BCUT2D eigenvalue weighted by atomic mass is 10.0. The number of methoxy groups -OCH3 is 1. The number of Topliss-reactive ketones (excluding diaryl/α,β-unsaturated/α-hetero) is 1. The van der Waals surface area contributed by atoms with Crippen LogP contribution in [0.3, 0.4) is 0 Å². The van der Waals surface area contributed by atoms with Gasteiger partial charge in [0.05, 0.1) is 12.9 Å². The quantitative estimate of drug-likeness (QED) is 0.777. The summed E-state index contributed by atoms with van der Waals surface area (Å²) in [5, 5.41) is 0.820. The molecule has 2 rings (SSSR count). The van der Waals surface area contributed by atoms with Crippen molar-refractivity contribution in [1.29, 1.82) is 0 Å². The second-order valence-electron chi connectivity index (χ2n) is 3.95. The Balaban J connectivity index is 2.19. The molecular weight excluding hydrogens is 256 g/mol. The smallest absolute Gasteiger partial charge is 0.165 e.